The van der Waals surface area contributed by atoms with E-state index in [1.807, 2.05) is 65.0 Å². The molecule has 1 aromatic rings. The maximum absolute atomic E-state index is 12.4. The Morgan fingerprint density at radius 2 is 1.93 bits per heavy atom. The lowest BCUT2D eigenvalue weighted by Gasteiger charge is -2.29. The fraction of sp³-hybridized carbons (Fsp3) is 0.636. The fourth-order valence-corrected chi connectivity index (χ4v) is 3.55. The number of nitrogens with one attached hydrogen (secondary N) is 1. The van der Waals surface area contributed by atoms with Crippen molar-refractivity contribution >= 4 is 12.2 Å². The highest BCUT2D eigenvalue weighted by molar-refractivity contribution is 5.71. The summed E-state index contributed by atoms with van der Waals surface area (Å²) in [4.78, 5) is 26.4. The van der Waals surface area contributed by atoms with Crippen molar-refractivity contribution in [3.05, 3.63) is 35.9 Å². The number of nitrogens with zero attached hydrogens (tertiary/aromatic N) is 1. The molecular weight excluding hydrogens is 372 g/mol. The average molecular weight is 407 g/mol. The van der Waals surface area contributed by atoms with Crippen molar-refractivity contribution in [3.63, 3.8) is 0 Å². The van der Waals surface area contributed by atoms with Crippen molar-refractivity contribution < 1.29 is 23.8 Å². The van der Waals surface area contributed by atoms with Crippen LogP contribution in [0.15, 0.2) is 30.3 Å². The number of benzene rings is 1. The Balaban J connectivity index is 0.00000145. The molecule has 29 heavy (non-hydrogen) atoms. The molecule has 7 nitrogen and oxygen atoms in total. The Morgan fingerprint density at radius 3 is 2.52 bits per heavy atom. The minimum atomic E-state index is -0.569. The third-order valence-corrected chi connectivity index (χ3v) is 4.79. The molecule has 2 heterocycles. The summed E-state index contributed by atoms with van der Waals surface area (Å²) < 4.78 is 16.8. The predicted molar refractivity (Wildman–Crippen MR) is 111 cm³/mol. The third-order valence-electron chi connectivity index (χ3n) is 4.79. The molecule has 1 aromatic carbocycles. The molecule has 3 rings (SSSR count). The number of alkyl carbamates (subject to hydrolysis) is 1. The topological polar surface area (TPSA) is 77.1 Å². The van der Waals surface area contributed by atoms with Gasteiger partial charge in [-0.3, -0.25) is 0 Å². The lowest BCUT2D eigenvalue weighted by atomic mass is 9.94. The molecule has 2 saturated heterocycles. The summed E-state index contributed by atoms with van der Waals surface area (Å²) in [6, 6.07) is 9.18. The van der Waals surface area contributed by atoms with E-state index in [1.165, 1.54) is 0 Å². The van der Waals surface area contributed by atoms with E-state index in [0.717, 1.165) is 18.4 Å². The molecule has 1 spiro atoms. The monoisotopic (exact) mass is 406 g/mol. The van der Waals surface area contributed by atoms with Crippen LogP contribution in [0.5, 0.6) is 0 Å². The van der Waals surface area contributed by atoms with E-state index in [1.54, 1.807) is 4.90 Å². The van der Waals surface area contributed by atoms with Crippen LogP contribution < -0.4 is 5.32 Å². The van der Waals surface area contributed by atoms with Gasteiger partial charge in [0, 0.05) is 13.2 Å². The Bertz CT molecular complexity index is 666. The fourth-order valence-electron chi connectivity index (χ4n) is 3.55. The Morgan fingerprint density at radius 1 is 1.24 bits per heavy atom. The molecule has 0 aromatic heterocycles. The molecule has 2 fully saturated rings. The zero-order valence-corrected chi connectivity index (χ0v) is 18.2. The van der Waals surface area contributed by atoms with Gasteiger partial charge in [0.05, 0.1) is 12.6 Å². The molecule has 0 aliphatic carbocycles. The lowest BCUT2D eigenvalue weighted by molar-refractivity contribution is -0.0109. The minimum absolute atomic E-state index is 0.197. The highest BCUT2D eigenvalue weighted by Gasteiger charge is 2.52. The van der Waals surface area contributed by atoms with Crippen LogP contribution in [0.1, 0.15) is 53.0 Å². The normalized spacial score (nSPS) is 23.3. The molecule has 1 unspecified atom stereocenters. The molecule has 1 N–H and O–H groups in total. The highest BCUT2D eigenvalue weighted by Crippen LogP contribution is 2.36. The van der Waals surface area contributed by atoms with E-state index in [0.29, 0.717) is 19.7 Å². The predicted octanol–water partition coefficient (Wildman–Crippen LogP) is 4.11. The summed E-state index contributed by atoms with van der Waals surface area (Å²) in [6.45, 7) is 11.1. The van der Waals surface area contributed by atoms with Gasteiger partial charge in [-0.15, -0.1) is 0 Å². The highest BCUT2D eigenvalue weighted by atomic mass is 16.6. The second-order valence-corrected chi connectivity index (χ2v) is 8.14. The van der Waals surface area contributed by atoms with Crippen molar-refractivity contribution in [1.82, 2.24) is 10.2 Å². The van der Waals surface area contributed by atoms with Gasteiger partial charge in [-0.05, 0) is 39.2 Å². The van der Waals surface area contributed by atoms with Crippen LogP contribution in [0.2, 0.25) is 0 Å². The first-order chi connectivity index (χ1) is 13.8. The second-order valence-electron chi connectivity index (χ2n) is 8.14. The van der Waals surface area contributed by atoms with Gasteiger partial charge in [0.15, 0.2) is 0 Å². The van der Waals surface area contributed by atoms with E-state index in [2.05, 4.69) is 5.32 Å². The number of ether oxygens (including phenoxy) is 3. The van der Waals surface area contributed by atoms with Crippen LogP contribution in [0.25, 0.3) is 0 Å². The summed E-state index contributed by atoms with van der Waals surface area (Å²) in [5.41, 5.74) is -0.217. The molecule has 0 radical (unpaired) electrons. The molecule has 2 atom stereocenters. The van der Waals surface area contributed by atoms with Gasteiger partial charge in [0.1, 0.15) is 17.8 Å². The van der Waals surface area contributed by atoms with E-state index in [9.17, 15) is 9.59 Å². The van der Waals surface area contributed by atoms with Gasteiger partial charge >= 0.3 is 12.2 Å². The molecule has 2 aliphatic rings. The zero-order chi connectivity index (χ0) is 21.5. The molecule has 2 aliphatic heterocycles. The summed E-state index contributed by atoms with van der Waals surface area (Å²) in [7, 11) is 0. The van der Waals surface area contributed by atoms with E-state index in [4.69, 9.17) is 14.2 Å². The number of carbonyl (C=O) groups is 2. The zero-order valence-electron chi connectivity index (χ0n) is 18.2. The summed E-state index contributed by atoms with van der Waals surface area (Å²) >= 11 is 0. The van der Waals surface area contributed by atoms with Crippen LogP contribution >= 0.6 is 0 Å². The maximum Gasteiger partial charge on any atom is 0.410 e. The van der Waals surface area contributed by atoms with Gasteiger partial charge in [-0.1, -0.05) is 44.2 Å². The number of hydrogen-bond donors (Lipinski definition) is 1. The Labute approximate surface area is 173 Å². The van der Waals surface area contributed by atoms with Crippen LogP contribution in [0, 0.1) is 0 Å². The molecular formula is C22H34N2O5. The van der Waals surface area contributed by atoms with Crippen LogP contribution in [0.3, 0.4) is 0 Å². The number of rotatable bonds is 3. The van der Waals surface area contributed by atoms with Crippen molar-refractivity contribution in [2.24, 2.45) is 0 Å². The number of amides is 2. The standard InChI is InChI=1S/C20H28N2O5.C2H6/c1-19(2,3)27-18(24)22-12-16(20(14-22)10-7-11-26-20)21-17(23)25-13-15-8-5-4-6-9-15;1-2/h4-6,8-9,16H,7,10-14H2,1-3H3,(H,21,23);1-2H3/t16-,20?;/m0./s1. The van der Waals surface area contributed by atoms with Gasteiger partial charge in [0.2, 0.25) is 0 Å². The molecule has 0 bridgehead atoms. The van der Waals surface area contributed by atoms with E-state index < -0.39 is 17.3 Å². The van der Waals surface area contributed by atoms with Crippen LogP contribution in [0.4, 0.5) is 9.59 Å². The molecule has 0 saturated carbocycles. The molecule has 2 amide bonds. The van der Waals surface area contributed by atoms with Crippen LogP contribution in [-0.2, 0) is 20.8 Å². The van der Waals surface area contributed by atoms with Gasteiger partial charge in [-0.2, -0.15) is 0 Å². The second kappa shape index (κ2) is 9.96. The van der Waals surface area contributed by atoms with E-state index >= 15 is 0 Å². The number of likely N-dealkylation sites (tertiary alicyclic amines) is 1. The van der Waals surface area contributed by atoms with Gasteiger partial charge in [-0.25, -0.2) is 9.59 Å². The quantitative estimate of drug-likeness (QED) is 0.817. The summed E-state index contributed by atoms with van der Waals surface area (Å²) in [6.07, 6.45) is 0.791. The Hall–Kier alpha value is -2.28. The molecule has 7 heteroatoms. The number of carbonyl (C=O) groups excluding carboxylic acids is 2. The first-order valence-electron chi connectivity index (χ1n) is 10.4. The lowest BCUT2D eigenvalue weighted by Crippen LogP contribution is -2.51. The largest absolute Gasteiger partial charge is 0.445 e. The minimum Gasteiger partial charge on any atom is -0.445 e. The van der Waals surface area contributed by atoms with Crippen molar-refractivity contribution in [3.8, 4) is 0 Å². The summed E-state index contributed by atoms with van der Waals surface area (Å²) in [5, 5.41) is 2.89. The van der Waals surface area contributed by atoms with Crippen molar-refractivity contribution in [1.29, 1.82) is 0 Å². The SMILES string of the molecule is CC.CC(C)(C)OC(=O)N1C[C@H](NC(=O)OCc2ccccc2)C2(CCCO2)C1. The van der Waals surface area contributed by atoms with Gasteiger partial charge in [0.25, 0.3) is 0 Å². The average Bonchev–Trinajstić information content (AvgIpc) is 3.29. The van der Waals surface area contributed by atoms with Gasteiger partial charge < -0.3 is 24.4 Å². The number of hydrogen-bond acceptors (Lipinski definition) is 5. The van der Waals surface area contributed by atoms with Crippen LogP contribution in [-0.4, -0.2) is 54.0 Å². The first kappa shape index (κ1) is 23.0. The first-order valence-corrected chi connectivity index (χ1v) is 10.4. The summed E-state index contributed by atoms with van der Waals surface area (Å²) in [5.74, 6) is 0. The Kier molecular flexibility index (Phi) is 7.90. The third kappa shape index (κ3) is 6.35. The van der Waals surface area contributed by atoms with E-state index in [-0.39, 0.29) is 18.7 Å². The smallest absolute Gasteiger partial charge is 0.410 e. The maximum atomic E-state index is 12.4. The van der Waals surface area contributed by atoms with Crippen molar-refractivity contribution in [2.45, 2.75) is 71.3 Å². The van der Waals surface area contributed by atoms with Crippen molar-refractivity contribution in [2.75, 3.05) is 19.7 Å². The molecule has 162 valence electrons.